The number of hydrogen-bond donors (Lipinski definition) is 0. The van der Waals surface area contributed by atoms with Crippen molar-refractivity contribution >= 4 is 33.0 Å². The van der Waals surface area contributed by atoms with Crippen LogP contribution >= 0.6 is 11.3 Å². The van der Waals surface area contributed by atoms with Crippen molar-refractivity contribution in [1.82, 2.24) is 0 Å². The van der Waals surface area contributed by atoms with Gasteiger partial charge in [-0.15, -0.1) is 11.3 Å². The summed E-state index contributed by atoms with van der Waals surface area (Å²) in [6.45, 7) is 2.13. The molecule has 0 bridgehead atoms. The quantitative estimate of drug-likeness (QED) is 0.598. The Kier molecular flexibility index (Phi) is 6.55. The van der Waals surface area contributed by atoms with E-state index in [1.807, 2.05) is 0 Å². The van der Waals surface area contributed by atoms with Crippen molar-refractivity contribution in [2.75, 3.05) is 37.8 Å². The number of carbonyl (C=O) groups is 1. The maximum atomic E-state index is 13.5. The van der Waals surface area contributed by atoms with E-state index in [0.29, 0.717) is 30.2 Å². The monoisotopic (exact) mass is 427 g/mol. The van der Waals surface area contributed by atoms with Gasteiger partial charge in [0.05, 0.1) is 32.6 Å². The van der Waals surface area contributed by atoms with Gasteiger partial charge in [-0.2, -0.15) is 0 Å². The van der Waals surface area contributed by atoms with E-state index in [1.54, 1.807) is 42.6 Å². The lowest BCUT2D eigenvalue weighted by atomic mass is 10.3. The molecule has 1 aliphatic heterocycles. The number of sulfonamides is 1. The number of thiophene rings is 1. The first-order valence-corrected chi connectivity index (χ1v) is 10.9. The van der Waals surface area contributed by atoms with Gasteiger partial charge in [-0.3, -0.25) is 9.10 Å². The Hall–Kier alpha value is -2.14. The molecule has 0 N–H and O–H groups in total. The van der Waals surface area contributed by atoms with Gasteiger partial charge in [0, 0.05) is 11.6 Å². The molecule has 1 aliphatic rings. The number of nitrogens with zero attached hydrogens (tertiary/aromatic N) is 1. The number of esters is 1. The van der Waals surface area contributed by atoms with Gasteiger partial charge in [-0.05, 0) is 30.5 Å². The molecule has 0 amide bonds. The zero-order valence-corrected chi connectivity index (χ0v) is 17.1. The highest BCUT2D eigenvalue weighted by Gasteiger charge is 2.34. The minimum atomic E-state index is -4.08. The van der Waals surface area contributed by atoms with Crippen LogP contribution in [-0.4, -0.2) is 47.9 Å². The van der Waals surface area contributed by atoms with E-state index in [1.165, 1.54) is 7.11 Å². The predicted molar refractivity (Wildman–Crippen MR) is 103 cm³/mol. The summed E-state index contributed by atoms with van der Waals surface area (Å²) in [5.41, 5.74) is 0.708. The van der Waals surface area contributed by atoms with Crippen LogP contribution in [0.2, 0.25) is 0 Å². The summed E-state index contributed by atoms with van der Waals surface area (Å²) in [4.78, 5) is 12.1. The highest BCUT2D eigenvalue weighted by Crippen LogP contribution is 2.36. The van der Waals surface area contributed by atoms with E-state index in [4.69, 9.17) is 18.9 Å². The van der Waals surface area contributed by atoms with Gasteiger partial charge in [-0.1, -0.05) is 6.07 Å². The van der Waals surface area contributed by atoms with Gasteiger partial charge in [0.2, 0.25) is 0 Å². The Morgan fingerprint density at radius 2 is 2.04 bits per heavy atom. The van der Waals surface area contributed by atoms with Crippen LogP contribution in [0, 0.1) is 0 Å². The van der Waals surface area contributed by atoms with Gasteiger partial charge in [-0.25, -0.2) is 8.42 Å². The summed E-state index contributed by atoms with van der Waals surface area (Å²) in [6.07, 6.45) is -0.745. The Morgan fingerprint density at radius 1 is 1.29 bits per heavy atom. The number of benzene rings is 1. The Morgan fingerprint density at radius 3 is 2.71 bits per heavy atom. The predicted octanol–water partition coefficient (Wildman–Crippen LogP) is 2.56. The number of hydrogen-bond acceptors (Lipinski definition) is 8. The van der Waals surface area contributed by atoms with Crippen LogP contribution in [0.4, 0.5) is 5.69 Å². The average molecular weight is 428 g/mol. The molecule has 2 heterocycles. The number of anilines is 1. The second kappa shape index (κ2) is 8.91. The van der Waals surface area contributed by atoms with Crippen molar-refractivity contribution < 1.29 is 32.2 Å². The van der Waals surface area contributed by atoms with E-state index in [0.717, 1.165) is 15.6 Å². The first kappa shape index (κ1) is 20.6. The van der Waals surface area contributed by atoms with Crippen molar-refractivity contribution in [3.05, 3.63) is 41.3 Å². The molecule has 0 aliphatic carbocycles. The Balaban J connectivity index is 2.03. The molecule has 1 saturated heterocycles. The molecule has 3 rings (SSSR count). The molecule has 1 aromatic heterocycles. The fraction of sp³-hybridized carbons (Fsp3) is 0.389. The molecule has 1 fully saturated rings. The van der Waals surface area contributed by atoms with Gasteiger partial charge in [0.25, 0.3) is 10.0 Å². The molecule has 0 unspecified atom stereocenters. The molecule has 10 heteroatoms. The number of rotatable bonds is 8. The first-order chi connectivity index (χ1) is 13.5. The van der Waals surface area contributed by atoms with Crippen LogP contribution in [0.1, 0.15) is 18.8 Å². The Bertz CT molecular complexity index is 920. The molecule has 28 heavy (non-hydrogen) atoms. The second-order valence-electron chi connectivity index (χ2n) is 5.76. The van der Waals surface area contributed by atoms with Gasteiger partial charge in [0.1, 0.15) is 16.5 Å². The molecule has 0 spiro atoms. The molecule has 152 valence electrons. The maximum absolute atomic E-state index is 13.5. The maximum Gasteiger partial charge on any atom is 0.326 e. The van der Waals surface area contributed by atoms with E-state index in [2.05, 4.69) is 0 Å². The zero-order chi connectivity index (χ0) is 20.1. The normalized spacial score (nSPS) is 14.8. The zero-order valence-electron chi connectivity index (χ0n) is 15.5. The van der Waals surface area contributed by atoms with Crippen molar-refractivity contribution in [1.29, 1.82) is 0 Å². The largest absolute Gasteiger partial charge is 0.497 e. The van der Waals surface area contributed by atoms with Crippen molar-refractivity contribution in [2.45, 2.75) is 17.4 Å². The molecule has 2 aromatic rings. The topological polar surface area (TPSA) is 91.4 Å². The van der Waals surface area contributed by atoms with E-state index >= 15 is 0 Å². The summed E-state index contributed by atoms with van der Waals surface area (Å²) in [5.74, 6) is -0.184. The molecule has 0 atom stereocenters. The molecule has 0 saturated carbocycles. The lowest BCUT2D eigenvalue weighted by Gasteiger charge is -2.24. The fourth-order valence-corrected chi connectivity index (χ4v) is 5.62. The highest BCUT2D eigenvalue weighted by molar-refractivity contribution is 7.94. The standard InChI is InChI=1S/C18H21NO7S2/c1-3-24-16(20)12-19(13-5-4-6-14(11-13)23-2)28(21,22)18-15(7-10-27-18)17-25-8-9-26-17/h4-7,10-11,17H,3,8-9,12H2,1-2H3. The third kappa shape index (κ3) is 4.30. The van der Waals surface area contributed by atoms with E-state index in [9.17, 15) is 13.2 Å². The molecule has 1 aromatic carbocycles. The SMILES string of the molecule is CCOC(=O)CN(c1cccc(OC)c1)S(=O)(=O)c1sccc1C1OCCO1. The highest BCUT2D eigenvalue weighted by atomic mass is 32.2. The molecule has 0 radical (unpaired) electrons. The van der Waals surface area contributed by atoms with Crippen molar-refractivity contribution in [3.8, 4) is 5.75 Å². The lowest BCUT2D eigenvalue weighted by molar-refractivity contribution is -0.141. The lowest BCUT2D eigenvalue weighted by Crippen LogP contribution is -2.36. The molecular formula is C18H21NO7S2. The van der Waals surface area contributed by atoms with Gasteiger partial charge < -0.3 is 18.9 Å². The summed E-state index contributed by atoms with van der Waals surface area (Å²) < 4.78 is 49.1. The molecular weight excluding hydrogens is 406 g/mol. The first-order valence-electron chi connectivity index (χ1n) is 8.60. The summed E-state index contributed by atoms with van der Waals surface area (Å²) in [6, 6.07) is 8.14. The van der Waals surface area contributed by atoms with Gasteiger partial charge >= 0.3 is 5.97 Å². The van der Waals surface area contributed by atoms with Crippen molar-refractivity contribution in [2.24, 2.45) is 0 Å². The average Bonchev–Trinajstić information content (AvgIpc) is 3.37. The minimum Gasteiger partial charge on any atom is -0.497 e. The number of carbonyl (C=O) groups excluding carboxylic acids is 1. The van der Waals surface area contributed by atoms with Crippen LogP contribution < -0.4 is 9.04 Å². The summed E-state index contributed by atoms with van der Waals surface area (Å²) in [5, 5.41) is 1.65. The van der Waals surface area contributed by atoms with Crippen LogP contribution in [-0.2, 0) is 29.0 Å². The second-order valence-corrected chi connectivity index (χ2v) is 8.73. The van der Waals surface area contributed by atoms with E-state index < -0.39 is 28.8 Å². The summed E-state index contributed by atoms with van der Waals surface area (Å²) in [7, 11) is -2.60. The van der Waals surface area contributed by atoms with Crippen LogP contribution in [0.5, 0.6) is 5.75 Å². The molecule has 8 nitrogen and oxygen atoms in total. The van der Waals surface area contributed by atoms with Gasteiger partial charge in [0.15, 0.2) is 6.29 Å². The number of ether oxygens (including phenoxy) is 4. The Labute approximate surface area is 167 Å². The third-order valence-electron chi connectivity index (χ3n) is 3.98. The van der Waals surface area contributed by atoms with Crippen molar-refractivity contribution in [3.63, 3.8) is 0 Å². The third-order valence-corrected chi connectivity index (χ3v) is 7.24. The van der Waals surface area contributed by atoms with Crippen LogP contribution in [0.3, 0.4) is 0 Å². The minimum absolute atomic E-state index is 0.0616. The van der Waals surface area contributed by atoms with Crippen LogP contribution in [0.25, 0.3) is 0 Å². The summed E-state index contributed by atoms with van der Waals surface area (Å²) >= 11 is 1.04. The van der Waals surface area contributed by atoms with E-state index in [-0.39, 0.29) is 10.8 Å². The smallest absolute Gasteiger partial charge is 0.326 e. The fourth-order valence-electron chi connectivity index (χ4n) is 2.73. The van der Waals surface area contributed by atoms with Crippen LogP contribution in [0.15, 0.2) is 39.9 Å². The number of methoxy groups -OCH3 is 1.